The van der Waals surface area contributed by atoms with Crippen molar-refractivity contribution in [3.05, 3.63) is 35.4 Å². The maximum atomic E-state index is 8.71. The van der Waals surface area contributed by atoms with Gasteiger partial charge in [-0.3, -0.25) is 0 Å². The predicted octanol–water partition coefficient (Wildman–Crippen LogP) is 3.41. The van der Waals surface area contributed by atoms with Crippen LogP contribution in [0.4, 0.5) is 0 Å². The van der Waals surface area contributed by atoms with Crippen LogP contribution in [0, 0.1) is 0 Å². The van der Waals surface area contributed by atoms with E-state index in [2.05, 4.69) is 43.4 Å². The highest BCUT2D eigenvalue weighted by Crippen LogP contribution is 2.17. The molecule has 0 aliphatic heterocycles. The molecule has 0 saturated carbocycles. The Bertz CT molecular complexity index is 326. The standard InChI is InChI=1S/C16H27NOS/c1-3-14-6-8-15(9-7-14)16(4-2)17-10-13-19-12-5-11-18/h6-9,16-18H,3-5,10-13H2,1-2H3. The number of aliphatic hydroxyl groups is 1. The van der Waals surface area contributed by atoms with E-state index in [0.29, 0.717) is 12.6 Å². The van der Waals surface area contributed by atoms with Crippen LogP contribution in [-0.2, 0) is 6.42 Å². The summed E-state index contributed by atoms with van der Waals surface area (Å²) in [6, 6.07) is 9.42. The fraction of sp³-hybridized carbons (Fsp3) is 0.625. The molecule has 3 heteroatoms. The van der Waals surface area contributed by atoms with Crippen molar-refractivity contribution in [1.29, 1.82) is 0 Å². The van der Waals surface area contributed by atoms with E-state index in [0.717, 1.165) is 37.3 Å². The molecule has 0 spiro atoms. The first-order valence-corrected chi connectivity index (χ1v) is 8.48. The number of aliphatic hydroxyl groups excluding tert-OH is 1. The van der Waals surface area contributed by atoms with Crippen molar-refractivity contribution >= 4 is 11.8 Å². The fourth-order valence-corrected chi connectivity index (χ4v) is 2.86. The Balaban J connectivity index is 2.31. The minimum absolute atomic E-state index is 0.307. The van der Waals surface area contributed by atoms with Crippen LogP contribution in [-0.4, -0.2) is 29.8 Å². The van der Waals surface area contributed by atoms with Gasteiger partial charge in [0.05, 0.1) is 0 Å². The minimum Gasteiger partial charge on any atom is -0.396 e. The molecular weight excluding hydrogens is 254 g/mol. The van der Waals surface area contributed by atoms with Crippen molar-refractivity contribution < 1.29 is 5.11 Å². The monoisotopic (exact) mass is 281 g/mol. The van der Waals surface area contributed by atoms with Gasteiger partial charge in [0.1, 0.15) is 0 Å². The first kappa shape index (κ1) is 16.5. The van der Waals surface area contributed by atoms with Gasteiger partial charge in [-0.25, -0.2) is 0 Å². The quantitative estimate of drug-likeness (QED) is 0.645. The smallest absolute Gasteiger partial charge is 0.0438 e. The fourth-order valence-electron chi connectivity index (χ4n) is 2.06. The number of thioether (sulfide) groups is 1. The zero-order valence-corrected chi connectivity index (χ0v) is 13.0. The molecule has 0 aromatic heterocycles. The molecule has 1 atom stereocenters. The third-order valence-electron chi connectivity index (χ3n) is 3.28. The van der Waals surface area contributed by atoms with E-state index in [9.17, 15) is 0 Å². The Morgan fingerprint density at radius 3 is 2.47 bits per heavy atom. The lowest BCUT2D eigenvalue weighted by molar-refractivity contribution is 0.296. The molecule has 19 heavy (non-hydrogen) atoms. The summed E-state index contributed by atoms with van der Waals surface area (Å²) in [6.07, 6.45) is 3.12. The maximum absolute atomic E-state index is 8.71. The number of rotatable bonds is 10. The molecular formula is C16H27NOS. The summed E-state index contributed by atoms with van der Waals surface area (Å²) in [5.41, 5.74) is 2.79. The molecule has 108 valence electrons. The molecule has 0 fully saturated rings. The zero-order valence-electron chi connectivity index (χ0n) is 12.2. The Hall–Kier alpha value is -0.510. The second kappa shape index (κ2) is 10.3. The van der Waals surface area contributed by atoms with Crippen LogP contribution < -0.4 is 5.32 Å². The number of hydrogen-bond donors (Lipinski definition) is 2. The van der Waals surface area contributed by atoms with Crippen molar-refractivity contribution in [2.75, 3.05) is 24.7 Å². The molecule has 2 nitrogen and oxygen atoms in total. The highest BCUT2D eigenvalue weighted by atomic mass is 32.2. The molecule has 0 heterocycles. The van der Waals surface area contributed by atoms with Crippen LogP contribution in [0.25, 0.3) is 0 Å². The molecule has 0 aliphatic carbocycles. The normalized spacial score (nSPS) is 12.6. The van der Waals surface area contributed by atoms with E-state index in [1.54, 1.807) is 0 Å². The third-order valence-corrected chi connectivity index (χ3v) is 4.35. The number of nitrogens with one attached hydrogen (secondary N) is 1. The molecule has 0 amide bonds. The molecule has 1 rings (SSSR count). The van der Waals surface area contributed by atoms with E-state index < -0.39 is 0 Å². The van der Waals surface area contributed by atoms with E-state index in [4.69, 9.17) is 5.11 Å². The maximum Gasteiger partial charge on any atom is 0.0438 e. The SMILES string of the molecule is CCc1ccc(C(CC)NCCSCCCO)cc1. The second-order valence-electron chi connectivity index (χ2n) is 4.70. The van der Waals surface area contributed by atoms with E-state index >= 15 is 0 Å². The molecule has 1 aromatic carbocycles. The van der Waals surface area contributed by atoms with Crippen LogP contribution in [0.1, 0.15) is 43.9 Å². The second-order valence-corrected chi connectivity index (χ2v) is 5.92. The van der Waals surface area contributed by atoms with Gasteiger partial charge in [-0.05, 0) is 36.1 Å². The Labute approximate surface area is 122 Å². The van der Waals surface area contributed by atoms with Gasteiger partial charge in [-0.15, -0.1) is 0 Å². The van der Waals surface area contributed by atoms with E-state index in [1.165, 1.54) is 11.1 Å². The van der Waals surface area contributed by atoms with Gasteiger partial charge >= 0.3 is 0 Å². The van der Waals surface area contributed by atoms with E-state index in [-0.39, 0.29) is 0 Å². The predicted molar refractivity (Wildman–Crippen MR) is 85.9 cm³/mol. The zero-order chi connectivity index (χ0) is 13.9. The molecule has 0 aliphatic rings. The van der Waals surface area contributed by atoms with Gasteiger partial charge in [-0.1, -0.05) is 38.1 Å². The number of aryl methyl sites for hydroxylation is 1. The van der Waals surface area contributed by atoms with Crippen molar-refractivity contribution in [3.63, 3.8) is 0 Å². The summed E-state index contributed by atoms with van der Waals surface area (Å²) in [5.74, 6) is 2.17. The van der Waals surface area contributed by atoms with Crippen LogP contribution in [0.15, 0.2) is 24.3 Å². The summed E-state index contributed by atoms with van der Waals surface area (Å²) in [4.78, 5) is 0. The van der Waals surface area contributed by atoms with Crippen molar-refractivity contribution in [3.8, 4) is 0 Å². The van der Waals surface area contributed by atoms with Gasteiger partial charge in [0.25, 0.3) is 0 Å². The van der Waals surface area contributed by atoms with Gasteiger partial charge in [-0.2, -0.15) is 11.8 Å². The Kier molecular flexibility index (Phi) is 8.97. The molecule has 0 bridgehead atoms. The summed E-state index contributed by atoms with van der Waals surface area (Å²) in [6.45, 7) is 5.75. The topological polar surface area (TPSA) is 32.3 Å². The lowest BCUT2D eigenvalue weighted by Gasteiger charge is -2.17. The summed E-state index contributed by atoms with van der Waals surface area (Å²) >= 11 is 1.91. The van der Waals surface area contributed by atoms with Gasteiger partial charge < -0.3 is 10.4 Å². The van der Waals surface area contributed by atoms with Crippen LogP contribution in [0.3, 0.4) is 0 Å². The van der Waals surface area contributed by atoms with Gasteiger partial charge in [0.15, 0.2) is 0 Å². The molecule has 2 N–H and O–H groups in total. The van der Waals surface area contributed by atoms with Crippen LogP contribution in [0.5, 0.6) is 0 Å². The van der Waals surface area contributed by atoms with Crippen molar-refractivity contribution in [2.24, 2.45) is 0 Å². The average molecular weight is 281 g/mol. The van der Waals surface area contributed by atoms with Gasteiger partial charge in [0, 0.05) is 24.9 Å². The molecule has 1 aromatic rings. The summed E-state index contributed by atoms with van der Waals surface area (Å²) < 4.78 is 0. The van der Waals surface area contributed by atoms with Crippen molar-refractivity contribution in [2.45, 2.75) is 39.2 Å². The average Bonchev–Trinajstić information content (AvgIpc) is 2.47. The number of hydrogen-bond acceptors (Lipinski definition) is 3. The Morgan fingerprint density at radius 1 is 1.16 bits per heavy atom. The van der Waals surface area contributed by atoms with Crippen molar-refractivity contribution in [1.82, 2.24) is 5.32 Å². The Morgan fingerprint density at radius 2 is 1.89 bits per heavy atom. The van der Waals surface area contributed by atoms with Crippen LogP contribution >= 0.6 is 11.8 Å². The largest absolute Gasteiger partial charge is 0.396 e. The summed E-state index contributed by atoms with van der Waals surface area (Å²) in [7, 11) is 0. The lowest BCUT2D eigenvalue weighted by atomic mass is 10.0. The molecule has 0 radical (unpaired) electrons. The highest BCUT2D eigenvalue weighted by Gasteiger charge is 2.07. The minimum atomic E-state index is 0.307. The summed E-state index contributed by atoms with van der Waals surface area (Å²) in [5, 5.41) is 12.3. The van der Waals surface area contributed by atoms with Crippen LogP contribution in [0.2, 0.25) is 0 Å². The molecule has 1 unspecified atom stereocenters. The number of benzene rings is 1. The molecule has 0 saturated heterocycles. The van der Waals surface area contributed by atoms with E-state index in [1.807, 2.05) is 11.8 Å². The van der Waals surface area contributed by atoms with Gasteiger partial charge in [0.2, 0.25) is 0 Å². The highest BCUT2D eigenvalue weighted by molar-refractivity contribution is 7.99. The first-order chi connectivity index (χ1) is 9.31. The lowest BCUT2D eigenvalue weighted by Crippen LogP contribution is -2.23. The third kappa shape index (κ3) is 6.46. The first-order valence-electron chi connectivity index (χ1n) is 7.32.